The van der Waals surface area contributed by atoms with Crippen molar-refractivity contribution < 1.29 is 14.3 Å². The maximum atomic E-state index is 12.1. The SMILES string of the molecule is CC1(C)C=CC=CC1CC(=O)OC(=O)CC1C=CC=CC1(C)C. The lowest BCUT2D eigenvalue weighted by molar-refractivity contribution is -0.161. The molecule has 0 aromatic heterocycles. The summed E-state index contributed by atoms with van der Waals surface area (Å²) in [7, 11) is 0. The first kappa shape index (κ1) is 17.5. The summed E-state index contributed by atoms with van der Waals surface area (Å²) in [6, 6.07) is 0. The number of rotatable bonds is 4. The molecular weight excluding hydrogens is 288 g/mol. The summed E-state index contributed by atoms with van der Waals surface area (Å²) >= 11 is 0. The smallest absolute Gasteiger partial charge is 0.314 e. The molecule has 0 aliphatic heterocycles. The lowest BCUT2D eigenvalue weighted by atomic mass is 9.74. The summed E-state index contributed by atoms with van der Waals surface area (Å²) in [5.41, 5.74) is -0.203. The van der Waals surface area contributed by atoms with Crippen molar-refractivity contribution in [3.8, 4) is 0 Å². The average Bonchev–Trinajstić information content (AvgIpc) is 2.43. The minimum absolute atomic E-state index is 0.0572. The van der Waals surface area contributed by atoms with Crippen LogP contribution in [0.2, 0.25) is 0 Å². The molecule has 0 bridgehead atoms. The van der Waals surface area contributed by atoms with Crippen LogP contribution in [0.25, 0.3) is 0 Å². The Kier molecular flexibility index (Phi) is 5.08. The highest BCUT2D eigenvalue weighted by molar-refractivity contribution is 5.86. The van der Waals surface area contributed by atoms with E-state index in [1.54, 1.807) is 0 Å². The second kappa shape index (κ2) is 6.69. The van der Waals surface area contributed by atoms with E-state index in [0.717, 1.165) is 0 Å². The molecule has 0 aromatic carbocycles. The summed E-state index contributed by atoms with van der Waals surface area (Å²) in [6.07, 6.45) is 16.5. The zero-order valence-corrected chi connectivity index (χ0v) is 14.4. The Morgan fingerprint density at radius 1 is 0.783 bits per heavy atom. The van der Waals surface area contributed by atoms with E-state index in [1.165, 1.54) is 0 Å². The van der Waals surface area contributed by atoms with Crippen molar-refractivity contribution in [3.05, 3.63) is 48.6 Å². The molecule has 23 heavy (non-hydrogen) atoms. The molecule has 0 saturated heterocycles. The summed E-state index contributed by atoms with van der Waals surface area (Å²) in [6.45, 7) is 8.31. The van der Waals surface area contributed by atoms with E-state index >= 15 is 0 Å². The van der Waals surface area contributed by atoms with Gasteiger partial charge in [-0.2, -0.15) is 0 Å². The molecule has 2 unspecified atom stereocenters. The third kappa shape index (κ3) is 4.54. The van der Waals surface area contributed by atoms with Crippen molar-refractivity contribution in [1.82, 2.24) is 0 Å². The van der Waals surface area contributed by atoms with Crippen molar-refractivity contribution >= 4 is 11.9 Å². The summed E-state index contributed by atoms with van der Waals surface area (Å²) in [4.78, 5) is 24.2. The van der Waals surface area contributed by atoms with E-state index in [0.29, 0.717) is 0 Å². The maximum absolute atomic E-state index is 12.1. The van der Waals surface area contributed by atoms with E-state index in [-0.39, 0.29) is 35.5 Å². The standard InChI is InChI=1S/C20H26O3/c1-19(2)11-7-5-9-15(19)13-17(21)23-18(22)14-16-10-6-8-12-20(16,3)4/h5-12,15-16H,13-14H2,1-4H3. The average molecular weight is 314 g/mol. The molecule has 0 radical (unpaired) electrons. The Labute approximate surface area is 138 Å². The summed E-state index contributed by atoms with van der Waals surface area (Å²) in [5, 5.41) is 0. The Bertz CT molecular complexity index is 536. The van der Waals surface area contributed by atoms with E-state index in [4.69, 9.17) is 4.74 Å². The Balaban J connectivity index is 1.87. The second-order valence-corrected chi connectivity index (χ2v) is 7.60. The number of hydrogen-bond donors (Lipinski definition) is 0. The summed E-state index contributed by atoms with van der Waals surface area (Å²) < 4.78 is 5.05. The molecule has 2 rings (SSSR count). The Hall–Kier alpha value is -1.90. The molecule has 0 saturated carbocycles. The summed E-state index contributed by atoms with van der Waals surface area (Å²) in [5.74, 6) is -0.772. The molecule has 0 amide bonds. The normalized spacial score (nSPS) is 27.0. The van der Waals surface area contributed by atoms with Gasteiger partial charge in [0, 0.05) is 0 Å². The van der Waals surface area contributed by atoms with E-state index in [2.05, 4.69) is 39.8 Å². The zero-order valence-electron chi connectivity index (χ0n) is 14.4. The molecule has 0 fully saturated rings. The van der Waals surface area contributed by atoms with Gasteiger partial charge in [0.1, 0.15) is 0 Å². The molecule has 0 heterocycles. The minimum Gasteiger partial charge on any atom is -0.393 e. The van der Waals surface area contributed by atoms with Crippen molar-refractivity contribution in [2.45, 2.75) is 40.5 Å². The van der Waals surface area contributed by atoms with Crippen molar-refractivity contribution in [1.29, 1.82) is 0 Å². The van der Waals surface area contributed by atoms with Gasteiger partial charge < -0.3 is 4.74 Å². The number of carbonyl (C=O) groups excluding carboxylic acids is 2. The Morgan fingerprint density at radius 3 is 1.52 bits per heavy atom. The number of carbonyl (C=O) groups is 2. The van der Waals surface area contributed by atoms with E-state index in [1.807, 2.05) is 36.5 Å². The van der Waals surface area contributed by atoms with Crippen LogP contribution < -0.4 is 0 Å². The van der Waals surface area contributed by atoms with E-state index < -0.39 is 11.9 Å². The van der Waals surface area contributed by atoms with Gasteiger partial charge in [0.15, 0.2) is 0 Å². The second-order valence-electron chi connectivity index (χ2n) is 7.60. The third-order valence-electron chi connectivity index (χ3n) is 4.87. The molecule has 3 nitrogen and oxygen atoms in total. The highest BCUT2D eigenvalue weighted by atomic mass is 16.6. The van der Waals surface area contributed by atoms with Gasteiger partial charge in [-0.15, -0.1) is 0 Å². The predicted molar refractivity (Wildman–Crippen MR) is 91.4 cm³/mol. The van der Waals surface area contributed by atoms with Crippen molar-refractivity contribution in [2.75, 3.05) is 0 Å². The van der Waals surface area contributed by atoms with Gasteiger partial charge in [-0.05, 0) is 22.7 Å². The van der Waals surface area contributed by atoms with Gasteiger partial charge in [0.05, 0.1) is 12.8 Å². The fourth-order valence-corrected chi connectivity index (χ4v) is 2.98. The van der Waals surface area contributed by atoms with Gasteiger partial charge in [-0.25, -0.2) is 0 Å². The highest BCUT2D eigenvalue weighted by Gasteiger charge is 2.32. The zero-order chi connectivity index (χ0) is 17.1. The molecule has 2 atom stereocenters. The maximum Gasteiger partial charge on any atom is 0.314 e. The number of allylic oxidation sites excluding steroid dienone is 8. The van der Waals surface area contributed by atoms with Gasteiger partial charge in [0.2, 0.25) is 0 Å². The molecule has 0 N–H and O–H groups in total. The topological polar surface area (TPSA) is 43.4 Å². The Morgan fingerprint density at radius 2 is 1.17 bits per heavy atom. The van der Waals surface area contributed by atoms with Crippen LogP contribution in [-0.2, 0) is 14.3 Å². The minimum atomic E-state index is -0.443. The van der Waals surface area contributed by atoms with Crippen LogP contribution in [0.1, 0.15) is 40.5 Å². The van der Waals surface area contributed by atoms with Crippen LogP contribution in [0, 0.1) is 22.7 Å². The van der Waals surface area contributed by atoms with Crippen LogP contribution >= 0.6 is 0 Å². The molecule has 2 aliphatic carbocycles. The quantitative estimate of drug-likeness (QED) is 0.571. The van der Waals surface area contributed by atoms with Crippen LogP contribution in [0.3, 0.4) is 0 Å². The highest BCUT2D eigenvalue weighted by Crippen LogP contribution is 2.36. The molecule has 0 spiro atoms. The third-order valence-corrected chi connectivity index (χ3v) is 4.87. The van der Waals surface area contributed by atoms with Crippen LogP contribution in [0.4, 0.5) is 0 Å². The van der Waals surface area contributed by atoms with Gasteiger partial charge in [-0.3, -0.25) is 9.59 Å². The lowest BCUT2D eigenvalue weighted by Crippen LogP contribution is -2.28. The van der Waals surface area contributed by atoms with Crippen LogP contribution in [-0.4, -0.2) is 11.9 Å². The number of hydrogen-bond acceptors (Lipinski definition) is 3. The van der Waals surface area contributed by atoms with Crippen molar-refractivity contribution in [3.63, 3.8) is 0 Å². The molecule has 0 aromatic rings. The lowest BCUT2D eigenvalue weighted by Gasteiger charge is -2.31. The van der Waals surface area contributed by atoms with Crippen molar-refractivity contribution in [2.24, 2.45) is 22.7 Å². The number of ether oxygens (including phenoxy) is 1. The predicted octanol–water partition coefficient (Wildman–Crippen LogP) is 4.37. The van der Waals surface area contributed by atoms with E-state index in [9.17, 15) is 9.59 Å². The van der Waals surface area contributed by atoms with Crippen LogP contribution in [0.5, 0.6) is 0 Å². The molecule has 3 heteroatoms. The largest absolute Gasteiger partial charge is 0.393 e. The molecular formula is C20H26O3. The van der Waals surface area contributed by atoms with Crippen LogP contribution in [0.15, 0.2) is 48.6 Å². The first-order chi connectivity index (χ1) is 10.7. The molecule has 2 aliphatic rings. The molecule has 124 valence electrons. The van der Waals surface area contributed by atoms with Gasteiger partial charge >= 0.3 is 11.9 Å². The van der Waals surface area contributed by atoms with Gasteiger partial charge in [0.25, 0.3) is 0 Å². The monoisotopic (exact) mass is 314 g/mol. The first-order valence-corrected chi connectivity index (χ1v) is 8.16. The first-order valence-electron chi connectivity index (χ1n) is 8.16. The fourth-order valence-electron chi connectivity index (χ4n) is 2.98. The van der Waals surface area contributed by atoms with Gasteiger partial charge in [-0.1, -0.05) is 76.3 Å². The fraction of sp³-hybridized carbons (Fsp3) is 0.500. The number of esters is 2.